The van der Waals surface area contributed by atoms with Crippen molar-refractivity contribution in [1.29, 1.82) is 0 Å². The van der Waals surface area contributed by atoms with Crippen LogP contribution in [0.1, 0.15) is 54.6 Å². The summed E-state index contributed by atoms with van der Waals surface area (Å²) in [6.07, 6.45) is 5.96. The molecule has 4 rings (SSSR count). The van der Waals surface area contributed by atoms with Gasteiger partial charge in [-0.2, -0.15) is 0 Å². The number of amides is 1. The number of carbonyl (C=O) groups is 1. The minimum absolute atomic E-state index is 0.0460. The van der Waals surface area contributed by atoms with Crippen molar-refractivity contribution in [1.82, 2.24) is 14.9 Å². The van der Waals surface area contributed by atoms with Crippen LogP contribution in [0.15, 0.2) is 66.7 Å². The molecule has 0 saturated heterocycles. The van der Waals surface area contributed by atoms with Crippen molar-refractivity contribution in [3.8, 4) is 11.5 Å². The van der Waals surface area contributed by atoms with E-state index >= 15 is 0 Å². The number of fused-ring (bicyclic) bond motifs is 1. The normalized spacial score (nSPS) is 11.1. The second-order valence-electron chi connectivity index (χ2n) is 10.3. The van der Waals surface area contributed by atoms with Crippen LogP contribution in [0.3, 0.4) is 0 Å². The van der Waals surface area contributed by atoms with Crippen molar-refractivity contribution in [2.75, 3.05) is 19.8 Å². The highest BCUT2D eigenvalue weighted by Gasteiger charge is 2.10. The van der Waals surface area contributed by atoms with Gasteiger partial charge in [-0.3, -0.25) is 4.79 Å². The number of carbonyl (C=O) groups excluding carboxylic acids is 1. The zero-order valence-electron chi connectivity index (χ0n) is 23.5. The molecule has 0 aliphatic rings. The van der Waals surface area contributed by atoms with Crippen molar-refractivity contribution in [2.45, 2.75) is 65.8 Å². The summed E-state index contributed by atoms with van der Waals surface area (Å²) in [5, 5.41) is 2.98. The van der Waals surface area contributed by atoms with Crippen LogP contribution in [-0.4, -0.2) is 35.2 Å². The number of rotatable bonds is 15. The van der Waals surface area contributed by atoms with Gasteiger partial charge in [0.15, 0.2) is 6.61 Å². The third-order valence-electron chi connectivity index (χ3n) is 6.87. The number of aryl methyl sites for hydroxylation is 5. The number of hydrogen-bond acceptors (Lipinski definition) is 4. The van der Waals surface area contributed by atoms with E-state index in [0.29, 0.717) is 13.2 Å². The average Bonchev–Trinajstić information content (AvgIpc) is 3.28. The molecule has 3 aromatic carbocycles. The molecule has 1 aromatic heterocycles. The summed E-state index contributed by atoms with van der Waals surface area (Å²) in [7, 11) is 0. The van der Waals surface area contributed by atoms with Crippen LogP contribution in [0, 0.1) is 20.8 Å². The first kappa shape index (κ1) is 28.2. The Hall–Kier alpha value is -3.80. The summed E-state index contributed by atoms with van der Waals surface area (Å²) < 4.78 is 14.0. The molecule has 0 bridgehead atoms. The van der Waals surface area contributed by atoms with Gasteiger partial charge in [0.05, 0.1) is 17.6 Å². The van der Waals surface area contributed by atoms with Crippen LogP contribution in [-0.2, 0) is 17.8 Å². The fourth-order valence-corrected chi connectivity index (χ4v) is 4.70. The van der Waals surface area contributed by atoms with E-state index in [9.17, 15) is 4.79 Å². The average molecular weight is 528 g/mol. The molecule has 0 saturated carbocycles. The number of para-hydroxylation sites is 2. The van der Waals surface area contributed by atoms with E-state index in [4.69, 9.17) is 14.5 Å². The van der Waals surface area contributed by atoms with Crippen molar-refractivity contribution >= 4 is 16.9 Å². The fraction of sp³-hybridized carbons (Fsp3) is 0.394. The molecule has 39 heavy (non-hydrogen) atoms. The van der Waals surface area contributed by atoms with Gasteiger partial charge in [-0.15, -0.1) is 0 Å². The molecule has 0 unspecified atom stereocenters. The number of ether oxygens (including phenoxy) is 2. The van der Waals surface area contributed by atoms with Gasteiger partial charge in [-0.1, -0.05) is 42.8 Å². The number of nitrogens with one attached hydrogen (secondary N) is 1. The van der Waals surface area contributed by atoms with E-state index in [1.807, 2.05) is 50.2 Å². The minimum Gasteiger partial charge on any atom is -0.494 e. The molecular weight excluding hydrogens is 486 g/mol. The Labute approximate surface area is 232 Å². The minimum atomic E-state index is -0.0796. The predicted octanol–water partition coefficient (Wildman–Crippen LogP) is 6.73. The molecule has 1 amide bonds. The molecule has 0 aliphatic carbocycles. The molecule has 6 heteroatoms. The zero-order valence-corrected chi connectivity index (χ0v) is 23.5. The number of imidazole rings is 1. The summed E-state index contributed by atoms with van der Waals surface area (Å²) in [4.78, 5) is 17.1. The van der Waals surface area contributed by atoms with Gasteiger partial charge in [-0.05, 0) is 93.5 Å². The van der Waals surface area contributed by atoms with Gasteiger partial charge in [-0.25, -0.2) is 4.98 Å². The van der Waals surface area contributed by atoms with Crippen molar-refractivity contribution in [3.63, 3.8) is 0 Å². The number of hydrogen-bond donors (Lipinski definition) is 1. The first-order chi connectivity index (χ1) is 19.0. The second-order valence-corrected chi connectivity index (χ2v) is 10.3. The standard InChI is InChI=1S/C33H41N3O3/c1-25-12-11-13-28(22-25)38-21-10-9-20-36-30-15-7-6-14-29(30)35-32(36)16-5-4-8-19-34-33(37)24-39-31-23-26(2)17-18-27(31)3/h6-7,11-15,17-18,22-23H,4-5,8-10,16,19-21,24H2,1-3H3,(H,34,37). The van der Waals surface area contributed by atoms with Gasteiger partial charge in [0.1, 0.15) is 17.3 Å². The Kier molecular flexibility index (Phi) is 10.4. The maximum Gasteiger partial charge on any atom is 0.257 e. The van der Waals surface area contributed by atoms with Crippen LogP contribution >= 0.6 is 0 Å². The van der Waals surface area contributed by atoms with Crippen molar-refractivity contribution in [3.05, 3.63) is 89.2 Å². The molecule has 0 aliphatic heterocycles. The molecule has 206 valence electrons. The molecule has 0 radical (unpaired) electrons. The van der Waals surface area contributed by atoms with E-state index in [2.05, 4.69) is 47.1 Å². The Bertz CT molecular complexity index is 1360. The smallest absolute Gasteiger partial charge is 0.257 e. The van der Waals surface area contributed by atoms with E-state index in [-0.39, 0.29) is 12.5 Å². The first-order valence-corrected chi connectivity index (χ1v) is 14.1. The zero-order chi connectivity index (χ0) is 27.5. The number of nitrogens with zero attached hydrogens (tertiary/aromatic N) is 2. The lowest BCUT2D eigenvalue weighted by Gasteiger charge is -2.11. The number of aromatic nitrogens is 2. The molecule has 1 heterocycles. The predicted molar refractivity (Wildman–Crippen MR) is 158 cm³/mol. The molecule has 4 aromatic rings. The highest BCUT2D eigenvalue weighted by molar-refractivity contribution is 5.77. The monoisotopic (exact) mass is 527 g/mol. The lowest BCUT2D eigenvalue weighted by atomic mass is 10.1. The Morgan fingerprint density at radius 1 is 0.846 bits per heavy atom. The van der Waals surface area contributed by atoms with Gasteiger partial charge in [0.2, 0.25) is 0 Å². The Balaban J connectivity index is 1.17. The molecule has 0 fully saturated rings. The third kappa shape index (κ3) is 8.60. The second kappa shape index (κ2) is 14.4. The molecular formula is C33H41N3O3. The van der Waals surface area contributed by atoms with Crippen LogP contribution < -0.4 is 14.8 Å². The number of unbranched alkanes of at least 4 members (excludes halogenated alkanes) is 3. The lowest BCUT2D eigenvalue weighted by molar-refractivity contribution is -0.123. The Morgan fingerprint density at radius 2 is 1.69 bits per heavy atom. The molecule has 6 nitrogen and oxygen atoms in total. The van der Waals surface area contributed by atoms with E-state index < -0.39 is 0 Å². The third-order valence-corrected chi connectivity index (χ3v) is 6.87. The quantitative estimate of drug-likeness (QED) is 0.174. The summed E-state index contributed by atoms with van der Waals surface area (Å²) >= 11 is 0. The molecule has 1 N–H and O–H groups in total. The largest absolute Gasteiger partial charge is 0.494 e. The van der Waals surface area contributed by atoms with Crippen molar-refractivity contribution < 1.29 is 14.3 Å². The van der Waals surface area contributed by atoms with Gasteiger partial charge in [0.25, 0.3) is 5.91 Å². The summed E-state index contributed by atoms with van der Waals surface area (Å²) in [6, 6.07) is 22.6. The summed E-state index contributed by atoms with van der Waals surface area (Å²) in [6.45, 7) is 8.44. The van der Waals surface area contributed by atoms with Crippen LogP contribution in [0.5, 0.6) is 11.5 Å². The van der Waals surface area contributed by atoms with E-state index in [0.717, 1.165) is 79.0 Å². The van der Waals surface area contributed by atoms with Crippen LogP contribution in [0.25, 0.3) is 11.0 Å². The van der Waals surface area contributed by atoms with Crippen LogP contribution in [0.4, 0.5) is 0 Å². The van der Waals surface area contributed by atoms with Gasteiger partial charge in [0, 0.05) is 19.5 Å². The first-order valence-electron chi connectivity index (χ1n) is 14.1. The summed E-state index contributed by atoms with van der Waals surface area (Å²) in [5.74, 6) is 2.77. The highest BCUT2D eigenvalue weighted by atomic mass is 16.5. The van der Waals surface area contributed by atoms with E-state index in [1.54, 1.807) is 0 Å². The van der Waals surface area contributed by atoms with Crippen LogP contribution in [0.2, 0.25) is 0 Å². The fourth-order valence-electron chi connectivity index (χ4n) is 4.70. The van der Waals surface area contributed by atoms with E-state index in [1.165, 1.54) is 11.1 Å². The summed E-state index contributed by atoms with van der Waals surface area (Å²) in [5.41, 5.74) is 5.63. The highest BCUT2D eigenvalue weighted by Crippen LogP contribution is 2.20. The molecule has 0 spiro atoms. The number of benzene rings is 3. The lowest BCUT2D eigenvalue weighted by Crippen LogP contribution is -2.29. The maximum absolute atomic E-state index is 12.2. The molecule has 0 atom stereocenters. The topological polar surface area (TPSA) is 65.4 Å². The Morgan fingerprint density at radius 3 is 2.56 bits per heavy atom. The van der Waals surface area contributed by atoms with Gasteiger partial charge >= 0.3 is 0 Å². The maximum atomic E-state index is 12.2. The van der Waals surface area contributed by atoms with Gasteiger partial charge < -0.3 is 19.4 Å². The SMILES string of the molecule is Cc1cccc(OCCCCn2c(CCCCCNC(=O)COc3cc(C)ccc3C)nc3ccccc32)c1. The van der Waals surface area contributed by atoms with Crippen molar-refractivity contribution in [2.24, 2.45) is 0 Å².